The maximum atomic E-state index is 13.4. The third-order valence-electron chi connectivity index (χ3n) is 6.17. The maximum Gasteiger partial charge on any atom is 0.326 e. The molecule has 1 aliphatic heterocycles. The van der Waals surface area contributed by atoms with Gasteiger partial charge in [-0.05, 0) is 31.4 Å². The third kappa shape index (κ3) is 8.69. The molecular formula is C25H32N6O7. The highest BCUT2D eigenvalue weighted by molar-refractivity contribution is 5.94. The first-order chi connectivity index (χ1) is 18.2. The molecular weight excluding hydrogens is 496 g/mol. The Kier molecular flexibility index (Phi) is 10.3. The second kappa shape index (κ2) is 13.9. The number of nitrogens with one attached hydrogen (secondary N) is 5. The van der Waals surface area contributed by atoms with Gasteiger partial charge in [-0.1, -0.05) is 30.3 Å². The van der Waals surface area contributed by atoms with Gasteiger partial charge in [0.2, 0.25) is 17.7 Å². The van der Waals surface area contributed by atoms with Crippen molar-refractivity contribution in [2.45, 2.75) is 62.7 Å². The van der Waals surface area contributed by atoms with Crippen molar-refractivity contribution in [1.29, 1.82) is 0 Å². The van der Waals surface area contributed by atoms with Crippen molar-refractivity contribution in [3.8, 4) is 0 Å². The van der Waals surface area contributed by atoms with E-state index in [1.165, 1.54) is 12.5 Å². The number of carboxylic acid groups (broad SMARTS) is 2. The van der Waals surface area contributed by atoms with Crippen LogP contribution in [0.25, 0.3) is 0 Å². The molecule has 2 aromatic rings. The molecule has 1 saturated heterocycles. The molecule has 204 valence electrons. The lowest BCUT2D eigenvalue weighted by atomic mass is 10.0. The van der Waals surface area contributed by atoms with Gasteiger partial charge in [0, 0.05) is 31.2 Å². The number of benzene rings is 1. The lowest BCUT2D eigenvalue weighted by Gasteiger charge is -2.25. The number of carbonyl (C=O) groups excluding carboxylic acids is 3. The van der Waals surface area contributed by atoms with E-state index in [9.17, 15) is 29.1 Å². The number of imidazole rings is 1. The third-order valence-corrected chi connectivity index (χ3v) is 6.17. The molecule has 0 radical (unpaired) electrons. The van der Waals surface area contributed by atoms with Crippen molar-refractivity contribution < 1.29 is 34.2 Å². The van der Waals surface area contributed by atoms with Crippen LogP contribution in [-0.2, 0) is 36.8 Å². The minimum absolute atomic E-state index is 0.0426. The van der Waals surface area contributed by atoms with Gasteiger partial charge in [-0.25, -0.2) is 9.78 Å². The van der Waals surface area contributed by atoms with Crippen molar-refractivity contribution in [3.05, 3.63) is 54.1 Å². The van der Waals surface area contributed by atoms with Gasteiger partial charge in [0.15, 0.2) is 0 Å². The highest BCUT2D eigenvalue weighted by Gasteiger charge is 2.32. The summed E-state index contributed by atoms with van der Waals surface area (Å²) in [5, 5.41) is 29.2. The maximum absolute atomic E-state index is 13.4. The molecule has 0 aliphatic carbocycles. The molecule has 0 bridgehead atoms. The quantitative estimate of drug-likeness (QED) is 0.166. The van der Waals surface area contributed by atoms with Gasteiger partial charge >= 0.3 is 11.9 Å². The van der Waals surface area contributed by atoms with Crippen LogP contribution in [0.4, 0.5) is 0 Å². The number of carbonyl (C=O) groups is 5. The zero-order valence-electron chi connectivity index (χ0n) is 20.7. The molecule has 13 nitrogen and oxygen atoms in total. The Hall–Kier alpha value is -4.26. The molecule has 0 spiro atoms. The van der Waals surface area contributed by atoms with E-state index in [0.29, 0.717) is 18.7 Å². The average Bonchev–Trinajstić information content (AvgIpc) is 3.60. The molecule has 1 fully saturated rings. The predicted octanol–water partition coefficient (Wildman–Crippen LogP) is -0.649. The SMILES string of the molecule is O=C(O)CCC(NC(=O)C(Cc1cnc[nH]1)NC(=O)C(Cc1ccccc1)NC(=O)C1CCCN1)C(=O)O. The molecule has 13 heteroatoms. The van der Waals surface area contributed by atoms with E-state index in [1.807, 2.05) is 30.3 Å². The minimum atomic E-state index is -1.46. The second-order valence-electron chi connectivity index (χ2n) is 9.07. The zero-order valence-corrected chi connectivity index (χ0v) is 20.7. The van der Waals surface area contributed by atoms with Crippen LogP contribution in [-0.4, -0.2) is 80.6 Å². The Labute approximate surface area is 218 Å². The molecule has 1 aromatic carbocycles. The molecule has 7 N–H and O–H groups in total. The zero-order chi connectivity index (χ0) is 27.5. The van der Waals surface area contributed by atoms with Crippen LogP contribution in [0.2, 0.25) is 0 Å². The van der Waals surface area contributed by atoms with Crippen LogP contribution in [0.5, 0.6) is 0 Å². The van der Waals surface area contributed by atoms with Gasteiger partial charge in [-0.3, -0.25) is 19.2 Å². The Morgan fingerprint density at radius 2 is 1.63 bits per heavy atom. The first-order valence-electron chi connectivity index (χ1n) is 12.3. The van der Waals surface area contributed by atoms with E-state index in [1.54, 1.807) is 0 Å². The van der Waals surface area contributed by atoms with Crippen LogP contribution in [0, 0.1) is 0 Å². The van der Waals surface area contributed by atoms with E-state index < -0.39 is 54.3 Å². The number of hydrogen-bond acceptors (Lipinski definition) is 7. The van der Waals surface area contributed by atoms with Crippen LogP contribution in [0.15, 0.2) is 42.9 Å². The smallest absolute Gasteiger partial charge is 0.326 e. The number of aromatic amines is 1. The Bertz CT molecular complexity index is 1100. The van der Waals surface area contributed by atoms with Gasteiger partial charge in [-0.2, -0.15) is 0 Å². The molecule has 3 rings (SSSR count). The van der Waals surface area contributed by atoms with Gasteiger partial charge in [0.05, 0.1) is 12.4 Å². The van der Waals surface area contributed by atoms with Crippen LogP contribution in [0.3, 0.4) is 0 Å². The molecule has 1 aliphatic rings. The van der Waals surface area contributed by atoms with E-state index >= 15 is 0 Å². The van der Waals surface area contributed by atoms with Crippen LogP contribution in [0.1, 0.15) is 36.9 Å². The lowest BCUT2D eigenvalue weighted by molar-refractivity contribution is -0.143. The number of carboxylic acids is 2. The summed E-state index contributed by atoms with van der Waals surface area (Å²) in [6.45, 7) is 0.701. The fraction of sp³-hybridized carbons (Fsp3) is 0.440. The van der Waals surface area contributed by atoms with Gasteiger partial charge < -0.3 is 36.5 Å². The summed E-state index contributed by atoms with van der Waals surface area (Å²) in [4.78, 5) is 68.6. The number of nitrogens with zero attached hydrogens (tertiary/aromatic N) is 1. The Balaban J connectivity index is 1.77. The first kappa shape index (κ1) is 28.3. The van der Waals surface area contributed by atoms with E-state index in [0.717, 1.165) is 12.0 Å². The number of amides is 3. The summed E-state index contributed by atoms with van der Waals surface area (Å²) in [5.41, 5.74) is 1.29. The van der Waals surface area contributed by atoms with Crippen LogP contribution < -0.4 is 21.3 Å². The fourth-order valence-corrected chi connectivity index (χ4v) is 4.14. The number of rotatable bonds is 14. The molecule has 1 aromatic heterocycles. The summed E-state index contributed by atoms with van der Waals surface area (Å²) < 4.78 is 0. The Morgan fingerprint density at radius 1 is 0.947 bits per heavy atom. The van der Waals surface area contributed by atoms with Gasteiger partial charge in [-0.15, -0.1) is 0 Å². The Morgan fingerprint density at radius 3 is 2.21 bits per heavy atom. The number of hydrogen-bond donors (Lipinski definition) is 7. The summed E-state index contributed by atoms with van der Waals surface area (Å²) in [6, 6.07) is 4.95. The molecule has 4 atom stereocenters. The number of H-pyrrole nitrogens is 1. The van der Waals surface area contributed by atoms with Crippen molar-refractivity contribution in [2.75, 3.05) is 6.54 Å². The highest BCUT2D eigenvalue weighted by atomic mass is 16.4. The fourth-order valence-electron chi connectivity index (χ4n) is 4.14. The topological polar surface area (TPSA) is 203 Å². The van der Waals surface area contributed by atoms with Crippen LogP contribution >= 0.6 is 0 Å². The van der Waals surface area contributed by atoms with Crippen molar-refractivity contribution >= 4 is 29.7 Å². The van der Waals surface area contributed by atoms with Gasteiger partial charge in [0.1, 0.15) is 18.1 Å². The van der Waals surface area contributed by atoms with E-state index in [4.69, 9.17) is 5.11 Å². The highest BCUT2D eigenvalue weighted by Crippen LogP contribution is 2.09. The van der Waals surface area contributed by atoms with Gasteiger partial charge in [0.25, 0.3) is 0 Å². The van der Waals surface area contributed by atoms with E-state index in [2.05, 4.69) is 31.2 Å². The van der Waals surface area contributed by atoms with E-state index in [-0.39, 0.29) is 25.2 Å². The molecule has 2 heterocycles. The lowest BCUT2D eigenvalue weighted by Crippen LogP contribution is -2.58. The minimum Gasteiger partial charge on any atom is -0.481 e. The summed E-state index contributed by atoms with van der Waals surface area (Å²) in [6.07, 6.45) is 3.67. The number of aromatic nitrogens is 2. The standard InChI is InChI=1S/C25H32N6O7/c32-21(33)9-8-18(25(37)38)29-24(36)20(12-16-13-26-14-28-16)31-23(35)19(11-15-5-2-1-3-6-15)30-22(34)17-7-4-10-27-17/h1-3,5-6,13-14,17-20,27H,4,7-12H2,(H,26,28)(H,29,36)(H,30,34)(H,31,35)(H,32,33)(H,37,38). The second-order valence-corrected chi connectivity index (χ2v) is 9.07. The molecule has 38 heavy (non-hydrogen) atoms. The molecule has 3 amide bonds. The normalized spacial score (nSPS) is 17.1. The summed E-state index contributed by atoms with van der Waals surface area (Å²) >= 11 is 0. The molecule has 4 unspecified atom stereocenters. The summed E-state index contributed by atoms with van der Waals surface area (Å²) in [7, 11) is 0. The monoisotopic (exact) mass is 528 g/mol. The van der Waals surface area contributed by atoms with Crippen molar-refractivity contribution in [3.63, 3.8) is 0 Å². The average molecular weight is 529 g/mol. The molecule has 0 saturated carbocycles. The summed E-state index contributed by atoms with van der Waals surface area (Å²) in [5.74, 6) is -4.37. The van der Waals surface area contributed by atoms with Crippen molar-refractivity contribution in [1.82, 2.24) is 31.2 Å². The number of aliphatic carboxylic acids is 2. The largest absolute Gasteiger partial charge is 0.481 e. The van der Waals surface area contributed by atoms with Crippen molar-refractivity contribution in [2.24, 2.45) is 0 Å². The predicted molar refractivity (Wildman–Crippen MR) is 134 cm³/mol. The first-order valence-corrected chi connectivity index (χ1v) is 12.3.